The minimum Gasteiger partial charge on any atom is -0.324 e. The van der Waals surface area contributed by atoms with E-state index < -0.39 is 5.54 Å². The molecule has 1 aromatic heterocycles. The minimum atomic E-state index is -0.867. The number of benzene rings is 1. The smallest absolute Gasteiger partial charge is 0.244 e. The van der Waals surface area contributed by atoms with Crippen LogP contribution in [-0.4, -0.2) is 26.6 Å². The maximum atomic E-state index is 12.3. The van der Waals surface area contributed by atoms with E-state index in [4.69, 9.17) is 5.73 Å². The minimum absolute atomic E-state index is 0. The van der Waals surface area contributed by atoms with E-state index in [0.29, 0.717) is 23.9 Å². The molecule has 4 N–H and O–H groups in total. The van der Waals surface area contributed by atoms with Crippen LogP contribution in [-0.2, 0) is 4.79 Å². The molecular weight excluding hydrogens is 326 g/mol. The zero-order valence-electron chi connectivity index (χ0n) is 14.0. The lowest BCUT2D eigenvalue weighted by Gasteiger charge is -2.22. The van der Waals surface area contributed by atoms with E-state index in [1.54, 1.807) is 6.92 Å². The first-order valence-electron chi connectivity index (χ1n) is 8.12. The van der Waals surface area contributed by atoms with Crippen molar-refractivity contribution in [3.05, 3.63) is 30.1 Å². The molecular formula is C17H24ClN5O. The molecule has 7 heteroatoms. The number of nitrogens with one attached hydrogen (secondary N) is 2. The lowest BCUT2D eigenvalue weighted by atomic mass is 9.96. The van der Waals surface area contributed by atoms with Gasteiger partial charge in [0.1, 0.15) is 5.82 Å². The van der Waals surface area contributed by atoms with Gasteiger partial charge >= 0.3 is 0 Å². The van der Waals surface area contributed by atoms with Gasteiger partial charge in [-0.15, -0.1) is 12.4 Å². The highest BCUT2D eigenvalue weighted by Gasteiger charge is 2.28. The van der Waals surface area contributed by atoms with Gasteiger partial charge in [0.05, 0.1) is 5.54 Å². The molecule has 1 unspecified atom stereocenters. The highest BCUT2D eigenvalue weighted by molar-refractivity contribution is 5.98. The Balaban J connectivity index is 0.00000208. The van der Waals surface area contributed by atoms with Gasteiger partial charge < -0.3 is 11.1 Å². The van der Waals surface area contributed by atoms with Crippen molar-refractivity contribution in [2.45, 2.75) is 51.0 Å². The van der Waals surface area contributed by atoms with Gasteiger partial charge in [0.15, 0.2) is 5.82 Å². The van der Waals surface area contributed by atoms with Gasteiger partial charge in [0, 0.05) is 17.2 Å². The zero-order valence-corrected chi connectivity index (χ0v) is 14.8. The number of nitrogens with zero attached hydrogens (tertiary/aromatic N) is 2. The Hall–Kier alpha value is -1.92. The summed E-state index contributed by atoms with van der Waals surface area (Å²) in [5.41, 5.74) is 6.78. The highest BCUT2D eigenvalue weighted by atomic mass is 35.5. The van der Waals surface area contributed by atoms with Crippen LogP contribution in [0.3, 0.4) is 0 Å². The summed E-state index contributed by atoms with van der Waals surface area (Å²) in [6.07, 6.45) is 3.86. The quantitative estimate of drug-likeness (QED) is 0.745. The van der Waals surface area contributed by atoms with Crippen LogP contribution in [0.5, 0.6) is 0 Å². The van der Waals surface area contributed by atoms with E-state index in [2.05, 4.69) is 20.5 Å². The molecule has 1 aromatic carbocycles. The molecule has 1 amide bonds. The molecule has 0 aliphatic heterocycles. The second-order valence-electron chi connectivity index (χ2n) is 6.52. The normalized spacial score (nSPS) is 16.1. The first-order chi connectivity index (χ1) is 11.0. The molecule has 1 heterocycles. The largest absolute Gasteiger partial charge is 0.324 e. The number of rotatable bonds is 6. The van der Waals surface area contributed by atoms with Crippen LogP contribution in [0, 0.1) is 0 Å². The number of halogens is 1. The molecule has 1 aliphatic rings. The van der Waals surface area contributed by atoms with Crippen LogP contribution in [0.25, 0.3) is 11.4 Å². The molecule has 6 nitrogen and oxygen atoms in total. The third kappa shape index (κ3) is 4.13. The molecule has 0 spiro atoms. The maximum absolute atomic E-state index is 12.3. The summed E-state index contributed by atoms with van der Waals surface area (Å²) in [7, 11) is 0. The first-order valence-corrected chi connectivity index (χ1v) is 8.12. The predicted molar refractivity (Wildman–Crippen MR) is 97.2 cm³/mol. The number of aromatic nitrogens is 3. The Morgan fingerprint density at radius 2 is 2.21 bits per heavy atom. The fourth-order valence-corrected chi connectivity index (χ4v) is 2.59. The summed E-state index contributed by atoms with van der Waals surface area (Å²) in [5, 5.41) is 10.2. The van der Waals surface area contributed by atoms with Crippen molar-refractivity contribution in [2.24, 2.45) is 5.73 Å². The predicted octanol–water partition coefficient (Wildman–Crippen LogP) is 3.23. The van der Waals surface area contributed by atoms with Crippen LogP contribution < -0.4 is 11.1 Å². The number of amides is 1. The summed E-state index contributed by atoms with van der Waals surface area (Å²) in [6.45, 7) is 3.77. The third-order valence-corrected chi connectivity index (χ3v) is 4.13. The molecule has 24 heavy (non-hydrogen) atoms. The van der Waals surface area contributed by atoms with E-state index in [0.717, 1.165) is 17.8 Å². The number of H-pyrrole nitrogens is 1. The van der Waals surface area contributed by atoms with Gasteiger partial charge in [-0.1, -0.05) is 25.5 Å². The van der Waals surface area contributed by atoms with Crippen molar-refractivity contribution in [3.8, 4) is 11.4 Å². The molecule has 2 aromatic rings. The van der Waals surface area contributed by atoms with Crippen molar-refractivity contribution in [3.63, 3.8) is 0 Å². The van der Waals surface area contributed by atoms with Crippen molar-refractivity contribution in [1.82, 2.24) is 15.2 Å². The molecule has 3 rings (SSSR count). The summed E-state index contributed by atoms with van der Waals surface area (Å²) in [6, 6.07) is 7.53. The topological polar surface area (TPSA) is 96.7 Å². The molecule has 1 saturated carbocycles. The molecule has 1 atom stereocenters. The van der Waals surface area contributed by atoms with Gasteiger partial charge in [0.2, 0.25) is 5.91 Å². The summed E-state index contributed by atoms with van der Waals surface area (Å²) < 4.78 is 0. The van der Waals surface area contributed by atoms with Crippen molar-refractivity contribution < 1.29 is 4.79 Å². The van der Waals surface area contributed by atoms with E-state index in [1.165, 1.54) is 12.8 Å². The molecule has 0 radical (unpaired) electrons. The molecule has 1 aliphatic carbocycles. The Labute approximate surface area is 148 Å². The standard InChI is InChI=1S/C17H23N5O.ClH/c1-3-9-17(2,18)16(23)19-13-6-4-5-12(10-13)15-20-14(21-22-15)11-7-8-11;/h4-6,10-11H,3,7-9,18H2,1-2H3,(H,19,23)(H,20,21,22);1H. The fourth-order valence-electron chi connectivity index (χ4n) is 2.59. The van der Waals surface area contributed by atoms with Gasteiger partial charge in [-0.3, -0.25) is 9.89 Å². The Kier molecular flexibility index (Phi) is 5.62. The van der Waals surface area contributed by atoms with E-state index in [-0.39, 0.29) is 18.3 Å². The Morgan fingerprint density at radius 1 is 1.46 bits per heavy atom. The second-order valence-corrected chi connectivity index (χ2v) is 6.52. The van der Waals surface area contributed by atoms with Crippen LogP contribution in [0.15, 0.2) is 24.3 Å². The van der Waals surface area contributed by atoms with Crippen LogP contribution in [0.2, 0.25) is 0 Å². The molecule has 0 bridgehead atoms. The van der Waals surface area contributed by atoms with Gasteiger partial charge in [-0.05, 0) is 38.3 Å². The molecule has 130 valence electrons. The van der Waals surface area contributed by atoms with Crippen LogP contribution in [0.1, 0.15) is 51.3 Å². The number of aromatic amines is 1. The number of carbonyl (C=O) groups is 1. The Bertz CT molecular complexity index is 709. The highest BCUT2D eigenvalue weighted by Crippen LogP contribution is 2.38. The van der Waals surface area contributed by atoms with E-state index in [1.807, 2.05) is 31.2 Å². The zero-order chi connectivity index (χ0) is 16.4. The van der Waals surface area contributed by atoms with Crippen LogP contribution >= 0.6 is 12.4 Å². The first kappa shape index (κ1) is 18.4. The third-order valence-electron chi connectivity index (χ3n) is 4.13. The number of hydrogen-bond acceptors (Lipinski definition) is 4. The van der Waals surface area contributed by atoms with E-state index in [9.17, 15) is 4.79 Å². The lowest BCUT2D eigenvalue weighted by molar-refractivity contribution is -0.120. The lowest BCUT2D eigenvalue weighted by Crippen LogP contribution is -2.48. The monoisotopic (exact) mass is 349 g/mol. The number of hydrogen-bond donors (Lipinski definition) is 3. The number of carbonyl (C=O) groups excluding carboxylic acids is 1. The van der Waals surface area contributed by atoms with Gasteiger partial charge in [0.25, 0.3) is 0 Å². The van der Waals surface area contributed by atoms with Crippen molar-refractivity contribution >= 4 is 24.0 Å². The SMILES string of the molecule is CCCC(C)(N)C(=O)Nc1cccc(-c2n[nH]c(C3CC3)n2)c1.Cl. The summed E-state index contributed by atoms with van der Waals surface area (Å²) in [4.78, 5) is 16.8. The maximum Gasteiger partial charge on any atom is 0.244 e. The number of anilines is 1. The van der Waals surface area contributed by atoms with E-state index >= 15 is 0 Å². The fraction of sp³-hybridized carbons (Fsp3) is 0.471. The van der Waals surface area contributed by atoms with Crippen molar-refractivity contribution in [1.29, 1.82) is 0 Å². The molecule has 1 fully saturated rings. The average Bonchev–Trinajstić information content (AvgIpc) is 3.25. The van der Waals surface area contributed by atoms with Gasteiger partial charge in [-0.25, -0.2) is 4.98 Å². The number of nitrogens with two attached hydrogens (primary N) is 1. The van der Waals surface area contributed by atoms with Crippen molar-refractivity contribution in [2.75, 3.05) is 5.32 Å². The summed E-state index contributed by atoms with van der Waals surface area (Å²) >= 11 is 0. The average molecular weight is 350 g/mol. The van der Waals surface area contributed by atoms with Crippen LogP contribution in [0.4, 0.5) is 5.69 Å². The Morgan fingerprint density at radius 3 is 2.88 bits per heavy atom. The second kappa shape index (κ2) is 7.32. The summed E-state index contributed by atoms with van der Waals surface area (Å²) in [5.74, 6) is 1.97. The van der Waals surface area contributed by atoms with Gasteiger partial charge in [-0.2, -0.15) is 5.10 Å². The molecule has 0 saturated heterocycles.